The molecule has 1 N–H and O–H groups in total. The lowest BCUT2D eigenvalue weighted by atomic mass is 10.2. The minimum Gasteiger partial charge on any atom is -0.478 e. The van der Waals surface area contributed by atoms with E-state index in [0.29, 0.717) is 5.82 Å². The van der Waals surface area contributed by atoms with Crippen LogP contribution in [0.25, 0.3) is 0 Å². The summed E-state index contributed by atoms with van der Waals surface area (Å²) in [4.78, 5) is 17.0. The van der Waals surface area contributed by atoms with Crippen LogP contribution in [0.4, 0.5) is 11.5 Å². The Morgan fingerprint density at radius 3 is 2.47 bits per heavy atom. The molecule has 2 rings (SSSR count). The van der Waals surface area contributed by atoms with E-state index >= 15 is 0 Å². The molecule has 0 aliphatic heterocycles. The van der Waals surface area contributed by atoms with Gasteiger partial charge < -0.3 is 10.0 Å². The van der Waals surface area contributed by atoms with Gasteiger partial charge in [0.1, 0.15) is 0 Å². The molecular weight excluding hydrogens is 264 g/mol. The number of rotatable bonds is 3. The van der Waals surface area contributed by atoms with E-state index in [9.17, 15) is 4.79 Å². The van der Waals surface area contributed by atoms with Crippen LogP contribution in [0.3, 0.4) is 0 Å². The summed E-state index contributed by atoms with van der Waals surface area (Å²) < 4.78 is 0. The molecule has 19 heavy (non-hydrogen) atoms. The van der Waals surface area contributed by atoms with Crippen molar-refractivity contribution in [1.29, 1.82) is 0 Å². The number of carboxylic acid groups (broad SMARTS) is 1. The number of aromatic nitrogens is 1. The smallest absolute Gasteiger partial charge is 0.337 e. The third kappa shape index (κ3) is 2.69. The van der Waals surface area contributed by atoms with Gasteiger partial charge in [0.2, 0.25) is 0 Å². The maximum atomic E-state index is 11.0. The zero-order valence-electron chi connectivity index (χ0n) is 10.6. The summed E-state index contributed by atoms with van der Waals surface area (Å²) in [5.74, 6) is -0.642. The zero-order valence-corrected chi connectivity index (χ0v) is 11.3. The van der Waals surface area contributed by atoms with Crippen molar-refractivity contribution in [2.75, 3.05) is 11.9 Å². The van der Waals surface area contributed by atoms with Crippen LogP contribution in [-0.2, 0) is 0 Å². The van der Waals surface area contributed by atoms with E-state index in [4.69, 9.17) is 16.7 Å². The summed E-state index contributed by atoms with van der Waals surface area (Å²) >= 11 is 6.09. The number of hydrogen-bond donors (Lipinski definition) is 1. The fourth-order valence-corrected chi connectivity index (χ4v) is 2.04. The number of nitrogens with zero attached hydrogens (tertiary/aromatic N) is 2. The molecule has 5 heteroatoms. The number of aryl methyl sites for hydroxylation is 1. The molecule has 4 nitrogen and oxygen atoms in total. The Morgan fingerprint density at radius 1 is 1.26 bits per heavy atom. The van der Waals surface area contributed by atoms with Gasteiger partial charge in [-0.25, -0.2) is 9.78 Å². The lowest BCUT2D eigenvalue weighted by Crippen LogP contribution is -2.13. The third-order valence-electron chi connectivity index (χ3n) is 2.84. The predicted octanol–water partition coefficient (Wildman–Crippen LogP) is 3.51. The van der Waals surface area contributed by atoms with E-state index in [1.54, 1.807) is 11.9 Å². The quantitative estimate of drug-likeness (QED) is 0.932. The monoisotopic (exact) mass is 276 g/mol. The molecule has 98 valence electrons. The number of anilines is 2. The Kier molecular flexibility index (Phi) is 3.71. The van der Waals surface area contributed by atoms with Crippen LogP contribution >= 0.6 is 11.6 Å². The van der Waals surface area contributed by atoms with Gasteiger partial charge in [0, 0.05) is 18.9 Å². The highest BCUT2D eigenvalue weighted by Gasteiger charge is 2.16. The fourth-order valence-electron chi connectivity index (χ4n) is 1.72. The standard InChI is InChI=1S/C14H13ClN2O2/c1-9-3-5-10(6-4-9)17(2)13-12(15)11(14(18)19)7-8-16-13/h3-8H,1-2H3,(H,18,19). The number of carbonyl (C=O) groups is 1. The molecule has 0 radical (unpaired) electrons. The Hall–Kier alpha value is -2.07. The molecule has 0 amide bonds. The first-order valence-corrected chi connectivity index (χ1v) is 6.06. The second-order valence-electron chi connectivity index (χ2n) is 4.20. The highest BCUT2D eigenvalue weighted by atomic mass is 35.5. The highest BCUT2D eigenvalue weighted by Crippen LogP contribution is 2.30. The van der Waals surface area contributed by atoms with Crippen LogP contribution in [0.5, 0.6) is 0 Å². The molecule has 0 spiro atoms. The molecule has 1 aromatic carbocycles. The predicted molar refractivity (Wildman–Crippen MR) is 75.4 cm³/mol. The van der Waals surface area contributed by atoms with E-state index in [1.807, 2.05) is 31.2 Å². The molecule has 1 heterocycles. The largest absolute Gasteiger partial charge is 0.478 e. The van der Waals surface area contributed by atoms with Crippen molar-refractivity contribution in [3.8, 4) is 0 Å². The topological polar surface area (TPSA) is 53.4 Å². The Bertz CT molecular complexity index is 611. The minimum atomic E-state index is -1.06. The first-order valence-electron chi connectivity index (χ1n) is 5.69. The van der Waals surface area contributed by atoms with Gasteiger partial charge in [-0.1, -0.05) is 29.3 Å². The fraction of sp³-hybridized carbons (Fsp3) is 0.143. The van der Waals surface area contributed by atoms with Crippen LogP contribution < -0.4 is 4.90 Å². The van der Waals surface area contributed by atoms with Crippen molar-refractivity contribution in [2.24, 2.45) is 0 Å². The van der Waals surface area contributed by atoms with Gasteiger partial charge in [-0.05, 0) is 25.1 Å². The molecule has 0 saturated heterocycles. The van der Waals surface area contributed by atoms with Crippen molar-refractivity contribution in [1.82, 2.24) is 4.98 Å². The highest BCUT2D eigenvalue weighted by molar-refractivity contribution is 6.35. The Labute approximate surface area is 116 Å². The van der Waals surface area contributed by atoms with Gasteiger partial charge >= 0.3 is 5.97 Å². The normalized spacial score (nSPS) is 10.3. The molecule has 1 aromatic heterocycles. The molecule has 0 unspecified atom stereocenters. The average molecular weight is 277 g/mol. The van der Waals surface area contributed by atoms with E-state index in [-0.39, 0.29) is 10.6 Å². The van der Waals surface area contributed by atoms with Crippen LogP contribution in [-0.4, -0.2) is 23.1 Å². The van der Waals surface area contributed by atoms with Crippen LogP contribution in [0, 0.1) is 6.92 Å². The van der Waals surface area contributed by atoms with E-state index in [2.05, 4.69) is 4.98 Å². The van der Waals surface area contributed by atoms with Gasteiger partial charge in [0.15, 0.2) is 5.82 Å². The second-order valence-corrected chi connectivity index (χ2v) is 4.57. The van der Waals surface area contributed by atoms with Gasteiger partial charge in [-0.3, -0.25) is 0 Å². The third-order valence-corrected chi connectivity index (χ3v) is 3.21. The number of halogens is 1. The van der Waals surface area contributed by atoms with E-state index in [0.717, 1.165) is 11.3 Å². The van der Waals surface area contributed by atoms with Gasteiger partial charge in [0.05, 0.1) is 10.6 Å². The van der Waals surface area contributed by atoms with Crippen LogP contribution in [0.2, 0.25) is 5.02 Å². The molecule has 2 aromatic rings. The Balaban J connectivity index is 2.44. The molecule has 0 atom stereocenters. The van der Waals surface area contributed by atoms with Gasteiger partial charge in [0.25, 0.3) is 0 Å². The summed E-state index contributed by atoms with van der Waals surface area (Å²) in [5.41, 5.74) is 2.09. The Morgan fingerprint density at radius 2 is 1.89 bits per heavy atom. The molecule has 0 aliphatic rings. The first-order chi connectivity index (χ1) is 9.00. The summed E-state index contributed by atoms with van der Waals surface area (Å²) in [6.45, 7) is 2.00. The molecular formula is C14H13ClN2O2. The summed E-state index contributed by atoms with van der Waals surface area (Å²) in [5, 5.41) is 9.19. The van der Waals surface area contributed by atoms with Crippen molar-refractivity contribution in [3.05, 3.63) is 52.7 Å². The average Bonchev–Trinajstić information content (AvgIpc) is 2.38. The van der Waals surface area contributed by atoms with Crippen molar-refractivity contribution in [2.45, 2.75) is 6.92 Å². The lowest BCUT2D eigenvalue weighted by Gasteiger charge is -2.20. The summed E-state index contributed by atoms with van der Waals surface area (Å²) in [7, 11) is 1.80. The number of aromatic carboxylic acids is 1. The molecule has 0 saturated carbocycles. The van der Waals surface area contributed by atoms with E-state index in [1.165, 1.54) is 12.3 Å². The molecule has 0 aliphatic carbocycles. The van der Waals surface area contributed by atoms with Crippen LogP contribution in [0.15, 0.2) is 36.5 Å². The van der Waals surface area contributed by atoms with Crippen LogP contribution in [0.1, 0.15) is 15.9 Å². The number of benzene rings is 1. The van der Waals surface area contributed by atoms with Crippen molar-refractivity contribution < 1.29 is 9.90 Å². The van der Waals surface area contributed by atoms with Crippen molar-refractivity contribution >= 4 is 29.1 Å². The minimum absolute atomic E-state index is 0.0469. The zero-order chi connectivity index (χ0) is 14.0. The number of carboxylic acids is 1. The SMILES string of the molecule is Cc1ccc(N(C)c2nccc(C(=O)O)c2Cl)cc1. The summed E-state index contributed by atoms with van der Waals surface area (Å²) in [6, 6.07) is 9.19. The first kappa shape index (κ1) is 13.4. The maximum Gasteiger partial charge on any atom is 0.337 e. The van der Waals surface area contributed by atoms with Gasteiger partial charge in [-0.2, -0.15) is 0 Å². The summed E-state index contributed by atoms with van der Waals surface area (Å²) in [6.07, 6.45) is 1.44. The maximum absolute atomic E-state index is 11.0. The molecule has 0 bridgehead atoms. The number of pyridine rings is 1. The second kappa shape index (κ2) is 5.28. The van der Waals surface area contributed by atoms with Crippen molar-refractivity contribution in [3.63, 3.8) is 0 Å². The molecule has 0 fully saturated rings. The lowest BCUT2D eigenvalue weighted by molar-refractivity contribution is 0.0697. The van der Waals surface area contributed by atoms with E-state index < -0.39 is 5.97 Å². The number of hydrogen-bond acceptors (Lipinski definition) is 3. The van der Waals surface area contributed by atoms with Gasteiger partial charge in [-0.15, -0.1) is 0 Å².